The third-order valence-electron chi connectivity index (χ3n) is 7.01. The summed E-state index contributed by atoms with van der Waals surface area (Å²) in [6, 6.07) is 33.4. The first-order chi connectivity index (χ1) is 20.6. The fourth-order valence-electron chi connectivity index (χ4n) is 5.15. The van der Waals surface area contributed by atoms with Crippen molar-refractivity contribution in [3.8, 4) is 34.1 Å². The number of halogens is 1. The zero-order chi connectivity index (χ0) is 28.6. The molecule has 0 N–H and O–H groups in total. The van der Waals surface area contributed by atoms with E-state index in [1.54, 1.807) is 23.5 Å². The van der Waals surface area contributed by atoms with Crippen molar-refractivity contribution in [3.63, 3.8) is 0 Å². The normalized spacial score (nSPS) is 11.1. The molecule has 0 unspecified atom stereocenters. The number of nitrogens with zero attached hydrogens (tertiary/aromatic N) is 4. The van der Waals surface area contributed by atoms with Crippen LogP contribution in [-0.4, -0.2) is 31.8 Å². The first kappa shape index (κ1) is 29.2. The van der Waals surface area contributed by atoms with E-state index in [4.69, 9.17) is 4.74 Å². The number of fused-ring (bicyclic) bond motifs is 3. The predicted octanol–water partition coefficient (Wildman–Crippen LogP) is 9.00. The predicted molar refractivity (Wildman–Crippen MR) is 169 cm³/mol. The van der Waals surface area contributed by atoms with E-state index in [-0.39, 0.29) is 26.9 Å². The summed E-state index contributed by atoms with van der Waals surface area (Å²) < 4.78 is 24.1. The number of aromatic nitrogens is 4. The minimum Gasteiger partial charge on any atom is -0.509 e. The Labute approximate surface area is 271 Å². The molecule has 0 fully saturated rings. The van der Waals surface area contributed by atoms with Gasteiger partial charge in [-0.15, -0.1) is 59.2 Å². The van der Waals surface area contributed by atoms with E-state index >= 15 is 0 Å². The van der Waals surface area contributed by atoms with Crippen molar-refractivity contribution in [2.24, 2.45) is 0 Å². The van der Waals surface area contributed by atoms with Gasteiger partial charge in [-0.25, -0.2) is 9.37 Å². The Bertz CT molecular complexity index is 2070. The molecule has 0 bridgehead atoms. The van der Waals surface area contributed by atoms with Crippen LogP contribution < -0.4 is 4.74 Å². The summed E-state index contributed by atoms with van der Waals surface area (Å²) in [4.78, 5) is 6.85. The number of para-hydroxylation sites is 1. The van der Waals surface area contributed by atoms with Gasteiger partial charge in [0, 0.05) is 56.4 Å². The molecule has 214 valence electrons. The van der Waals surface area contributed by atoms with Gasteiger partial charge in [-0.1, -0.05) is 29.8 Å². The molecule has 3 aromatic heterocycles. The van der Waals surface area contributed by atoms with Gasteiger partial charge in [0.15, 0.2) is 0 Å². The quantitative estimate of drug-likeness (QED) is 0.119. The molecule has 3 heterocycles. The van der Waals surface area contributed by atoms with Gasteiger partial charge >= 0.3 is 21.1 Å². The Morgan fingerprint density at radius 1 is 0.814 bits per heavy atom. The van der Waals surface area contributed by atoms with Crippen LogP contribution in [0.2, 0.25) is 0 Å². The Hall–Kier alpha value is -3.84. The third-order valence-corrected chi connectivity index (χ3v) is 8.57. The molecule has 0 radical (unpaired) electrons. The summed E-state index contributed by atoms with van der Waals surface area (Å²) in [5.74, 6) is 1.16. The number of hydrogen-bond acceptors (Lipinski definition) is 5. The zero-order valence-electron chi connectivity index (χ0n) is 23.0. The van der Waals surface area contributed by atoms with E-state index in [2.05, 4.69) is 52.9 Å². The largest absolute Gasteiger partial charge is 2.00 e. The first-order valence-electron chi connectivity index (χ1n) is 13.2. The number of hydrogen-bond donors (Lipinski definition) is 0. The average molecular weight is 782 g/mol. The van der Waals surface area contributed by atoms with Crippen LogP contribution >= 0.6 is 23.5 Å². The van der Waals surface area contributed by atoms with Crippen LogP contribution in [0.5, 0.6) is 11.5 Å². The van der Waals surface area contributed by atoms with Crippen molar-refractivity contribution in [3.05, 3.63) is 121 Å². The van der Waals surface area contributed by atoms with Crippen LogP contribution in [0.25, 0.3) is 44.4 Å². The van der Waals surface area contributed by atoms with Gasteiger partial charge in [0.2, 0.25) is 0 Å². The van der Waals surface area contributed by atoms with Gasteiger partial charge in [0.25, 0.3) is 0 Å². The average Bonchev–Trinajstić information content (AvgIpc) is 3.64. The molecule has 0 saturated carbocycles. The van der Waals surface area contributed by atoms with Gasteiger partial charge in [0.1, 0.15) is 11.6 Å². The summed E-state index contributed by atoms with van der Waals surface area (Å²) >= 11 is 3.45. The smallest absolute Gasteiger partial charge is 0.509 e. The molecule has 0 saturated heterocycles. The van der Waals surface area contributed by atoms with E-state index in [0.717, 1.165) is 33.1 Å². The minimum absolute atomic E-state index is 0. The summed E-state index contributed by atoms with van der Waals surface area (Å²) in [6.07, 6.45) is 9.55. The van der Waals surface area contributed by atoms with Crippen LogP contribution in [0, 0.1) is 17.9 Å². The maximum atomic E-state index is 14.2. The van der Waals surface area contributed by atoms with E-state index in [1.165, 1.54) is 33.7 Å². The second kappa shape index (κ2) is 12.4. The molecule has 0 atom stereocenters. The molecular formula is C34H23FN4OPtS2. The number of rotatable bonds is 7. The summed E-state index contributed by atoms with van der Waals surface area (Å²) in [5, 5.41) is 6.64. The molecule has 43 heavy (non-hydrogen) atoms. The van der Waals surface area contributed by atoms with Crippen molar-refractivity contribution in [1.29, 1.82) is 0 Å². The van der Waals surface area contributed by atoms with Crippen molar-refractivity contribution in [1.82, 2.24) is 19.3 Å². The molecule has 0 amide bonds. The Balaban J connectivity index is 0.00000329. The molecule has 5 nitrogen and oxygen atoms in total. The second-order valence-electron chi connectivity index (χ2n) is 9.48. The number of thioether (sulfide) groups is 2. The van der Waals surface area contributed by atoms with Crippen molar-refractivity contribution < 1.29 is 30.2 Å². The fourth-order valence-corrected chi connectivity index (χ4v) is 6.51. The molecule has 7 aromatic rings. The van der Waals surface area contributed by atoms with E-state index < -0.39 is 0 Å². The molecular weight excluding hydrogens is 759 g/mol. The molecule has 0 aliphatic rings. The van der Waals surface area contributed by atoms with E-state index in [9.17, 15) is 4.39 Å². The van der Waals surface area contributed by atoms with Crippen molar-refractivity contribution in [2.75, 3.05) is 12.5 Å². The topological polar surface area (TPSA) is 44.9 Å². The third kappa shape index (κ3) is 5.51. The van der Waals surface area contributed by atoms with Gasteiger partial charge in [-0.2, -0.15) is 17.2 Å². The number of pyridine rings is 1. The van der Waals surface area contributed by atoms with Gasteiger partial charge in [-0.05, 0) is 47.9 Å². The molecule has 4 aromatic carbocycles. The summed E-state index contributed by atoms with van der Waals surface area (Å²) in [6.45, 7) is 0. The SMILES string of the molecule is CSc1cccc(SC)c1-c1cnn(-c2[c-]c(Oc3[c-]c4c(cc3)c3ccccc3n4-c3cc(F)ccn3)ccc2)c1.[Pt+2]. The van der Waals surface area contributed by atoms with Crippen LogP contribution in [0.4, 0.5) is 4.39 Å². The van der Waals surface area contributed by atoms with E-state index in [1.807, 2.05) is 76.2 Å². The molecule has 0 spiro atoms. The maximum Gasteiger partial charge on any atom is 2.00 e. The van der Waals surface area contributed by atoms with Crippen LogP contribution in [0.3, 0.4) is 0 Å². The molecule has 0 aliphatic carbocycles. The maximum absolute atomic E-state index is 14.2. The van der Waals surface area contributed by atoms with Gasteiger partial charge < -0.3 is 9.30 Å². The Morgan fingerprint density at radius 2 is 1.58 bits per heavy atom. The molecule has 7 rings (SSSR count). The fraction of sp³-hybridized carbons (Fsp3) is 0.0588. The zero-order valence-corrected chi connectivity index (χ0v) is 26.9. The molecule has 9 heteroatoms. The van der Waals surface area contributed by atoms with Crippen LogP contribution in [0.1, 0.15) is 0 Å². The standard InChI is InChI=1S/C34H23FN4OS2.Pt/c1-41-31-11-6-12-32(42-2)34(31)22-20-37-38(21-22)24-7-5-8-25(18-24)40-26-13-14-28-27-9-3-4-10-29(27)39(30(28)19-26)33-17-23(35)15-16-36-33;/h3-17,20-21H,1-2H3;/q-2;+2. The minimum atomic E-state index is -0.354. The van der Waals surface area contributed by atoms with Gasteiger partial charge in [0.05, 0.1) is 6.20 Å². The number of ether oxygens (including phenoxy) is 1. The van der Waals surface area contributed by atoms with Crippen LogP contribution in [0.15, 0.2) is 113 Å². The Kier molecular flexibility index (Phi) is 8.44. The number of benzene rings is 4. The Morgan fingerprint density at radius 3 is 2.37 bits per heavy atom. The van der Waals surface area contributed by atoms with E-state index in [0.29, 0.717) is 17.3 Å². The van der Waals surface area contributed by atoms with Crippen LogP contribution in [-0.2, 0) is 21.1 Å². The van der Waals surface area contributed by atoms with Gasteiger partial charge in [-0.3, -0.25) is 4.68 Å². The summed E-state index contributed by atoms with van der Waals surface area (Å²) in [5.41, 5.74) is 4.64. The van der Waals surface area contributed by atoms with Crippen molar-refractivity contribution >= 4 is 45.3 Å². The monoisotopic (exact) mass is 781 g/mol. The summed E-state index contributed by atoms with van der Waals surface area (Å²) in [7, 11) is 0. The van der Waals surface area contributed by atoms with Crippen molar-refractivity contribution in [2.45, 2.75) is 9.79 Å². The second-order valence-corrected chi connectivity index (χ2v) is 11.2. The first-order valence-corrected chi connectivity index (χ1v) is 15.6. The molecule has 0 aliphatic heterocycles.